The standard InChI is InChI=1S/C13H23IO/c1-11-5-4-6-12(9-11)15-13(10-14)7-2-3-8-13/h11-12H,2-10H2,1H3. The molecule has 2 aliphatic rings. The monoisotopic (exact) mass is 322 g/mol. The molecule has 2 unspecified atom stereocenters. The number of alkyl halides is 1. The molecule has 0 radical (unpaired) electrons. The van der Waals surface area contributed by atoms with Crippen LogP contribution >= 0.6 is 22.6 Å². The first-order valence-electron chi connectivity index (χ1n) is 6.48. The molecule has 2 rings (SSSR count). The second kappa shape index (κ2) is 5.35. The van der Waals surface area contributed by atoms with Crippen LogP contribution < -0.4 is 0 Å². The Hall–Kier alpha value is 0.690. The van der Waals surface area contributed by atoms with E-state index in [0.717, 1.165) is 5.92 Å². The van der Waals surface area contributed by atoms with E-state index in [4.69, 9.17) is 4.74 Å². The molecule has 0 spiro atoms. The van der Waals surface area contributed by atoms with E-state index in [1.807, 2.05) is 0 Å². The molecule has 0 aromatic rings. The predicted molar refractivity (Wildman–Crippen MR) is 72.6 cm³/mol. The van der Waals surface area contributed by atoms with Gasteiger partial charge >= 0.3 is 0 Å². The van der Waals surface area contributed by atoms with E-state index in [1.54, 1.807) is 0 Å². The summed E-state index contributed by atoms with van der Waals surface area (Å²) in [6, 6.07) is 0. The zero-order valence-electron chi connectivity index (χ0n) is 9.80. The third kappa shape index (κ3) is 3.09. The zero-order valence-corrected chi connectivity index (χ0v) is 12.0. The molecule has 2 aliphatic carbocycles. The molecule has 0 saturated heterocycles. The van der Waals surface area contributed by atoms with Crippen LogP contribution in [0.4, 0.5) is 0 Å². The minimum absolute atomic E-state index is 0.266. The Morgan fingerprint density at radius 2 is 1.93 bits per heavy atom. The Morgan fingerprint density at radius 3 is 2.53 bits per heavy atom. The molecule has 15 heavy (non-hydrogen) atoms. The number of halogens is 1. The fourth-order valence-corrected chi connectivity index (χ4v) is 4.08. The van der Waals surface area contributed by atoms with Crippen LogP contribution in [0.3, 0.4) is 0 Å². The van der Waals surface area contributed by atoms with Crippen LogP contribution in [0.25, 0.3) is 0 Å². The lowest BCUT2D eigenvalue weighted by Gasteiger charge is -2.36. The first-order valence-corrected chi connectivity index (χ1v) is 8.00. The van der Waals surface area contributed by atoms with Crippen LogP contribution in [0.2, 0.25) is 0 Å². The molecule has 0 amide bonds. The molecule has 88 valence electrons. The van der Waals surface area contributed by atoms with Crippen LogP contribution in [0.1, 0.15) is 58.3 Å². The molecular weight excluding hydrogens is 299 g/mol. The maximum atomic E-state index is 6.45. The van der Waals surface area contributed by atoms with Gasteiger partial charge in [0, 0.05) is 4.43 Å². The lowest BCUT2D eigenvalue weighted by atomic mass is 9.88. The lowest BCUT2D eigenvalue weighted by molar-refractivity contribution is -0.0922. The van der Waals surface area contributed by atoms with Gasteiger partial charge < -0.3 is 4.74 Å². The molecule has 0 N–H and O–H groups in total. The first-order chi connectivity index (χ1) is 7.24. The van der Waals surface area contributed by atoms with Gasteiger partial charge in [0.15, 0.2) is 0 Å². The molecule has 2 atom stereocenters. The van der Waals surface area contributed by atoms with Crippen molar-refractivity contribution in [3.8, 4) is 0 Å². The van der Waals surface area contributed by atoms with Gasteiger partial charge in [-0.3, -0.25) is 0 Å². The summed E-state index contributed by atoms with van der Waals surface area (Å²) in [5.74, 6) is 0.886. The van der Waals surface area contributed by atoms with Crippen molar-refractivity contribution >= 4 is 22.6 Å². The molecular formula is C13H23IO. The summed E-state index contributed by atoms with van der Waals surface area (Å²) in [6.07, 6.45) is 11.3. The second-order valence-electron chi connectivity index (χ2n) is 5.54. The van der Waals surface area contributed by atoms with Gasteiger partial charge in [-0.05, 0) is 31.6 Å². The van der Waals surface area contributed by atoms with E-state index >= 15 is 0 Å². The minimum atomic E-state index is 0.266. The zero-order chi connectivity index (χ0) is 10.7. The van der Waals surface area contributed by atoms with Gasteiger partial charge in [0.2, 0.25) is 0 Å². The fraction of sp³-hybridized carbons (Fsp3) is 1.00. The average Bonchev–Trinajstić information content (AvgIpc) is 2.67. The molecule has 0 heterocycles. The number of ether oxygens (including phenoxy) is 1. The molecule has 0 aromatic heterocycles. The highest BCUT2D eigenvalue weighted by molar-refractivity contribution is 14.1. The normalized spacial score (nSPS) is 35.6. The van der Waals surface area contributed by atoms with Gasteiger partial charge in [-0.25, -0.2) is 0 Å². The summed E-state index contributed by atoms with van der Waals surface area (Å²) in [5.41, 5.74) is 0.266. The van der Waals surface area contributed by atoms with E-state index in [-0.39, 0.29) is 5.60 Å². The van der Waals surface area contributed by atoms with Gasteiger partial charge in [-0.2, -0.15) is 0 Å². The molecule has 0 aliphatic heterocycles. The van der Waals surface area contributed by atoms with Gasteiger partial charge in [-0.1, -0.05) is 55.2 Å². The Labute approximate surface area is 107 Å². The number of rotatable bonds is 3. The van der Waals surface area contributed by atoms with E-state index in [0.29, 0.717) is 6.10 Å². The summed E-state index contributed by atoms with van der Waals surface area (Å²) < 4.78 is 7.64. The molecule has 2 fully saturated rings. The van der Waals surface area contributed by atoms with Crippen molar-refractivity contribution in [2.45, 2.75) is 70.0 Å². The van der Waals surface area contributed by atoms with E-state index in [1.165, 1.54) is 55.8 Å². The predicted octanol–water partition coefficient (Wildman–Crippen LogP) is 4.33. The summed E-state index contributed by atoms with van der Waals surface area (Å²) >= 11 is 2.52. The van der Waals surface area contributed by atoms with Crippen LogP contribution in [-0.4, -0.2) is 16.1 Å². The Morgan fingerprint density at radius 1 is 1.20 bits per heavy atom. The van der Waals surface area contributed by atoms with Crippen molar-refractivity contribution in [3.63, 3.8) is 0 Å². The van der Waals surface area contributed by atoms with E-state index in [2.05, 4.69) is 29.5 Å². The second-order valence-corrected chi connectivity index (χ2v) is 6.30. The maximum Gasteiger partial charge on any atom is 0.0775 e. The van der Waals surface area contributed by atoms with E-state index in [9.17, 15) is 0 Å². The highest BCUT2D eigenvalue weighted by Crippen LogP contribution is 2.38. The van der Waals surface area contributed by atoms with Gasteiger partial charge in [0.05, 0.1) is 11.7 Å². The fourth-order valence-electron chi connectivity index (χ4n) is 3.14. The summed E-state index contributed by atoms with van der Waals surface area (Å²) in [7, 11) is 0. The number of hydrogen-bond donors (Lipinski definition) is 0. The van der Waals surface area contributed by atoms with Crippen molar-refractivity contribution in [3.05, 3.63) is 0 Å². The van der Waals surface area contributed by atoms with Crippen LogP contribution in [-0.2, 0) is 4.74 Å². The van der Waals surface area contributed by atoms with Crippen molar-refractivity contribution in [1.82, 2.24) is 0 Å². The Balaban J connectivity index is 1.88. The maximum absolute atomic E-state index is 6.45. The van der Waals surface area contributed by atoms with Gasteiger partial charge in [0.1, 0.15) is 0 Å². The van der Waals surface area contributed by atoms with Crippen molar-refractivity contribution in [2.24, 2.45) is 5.92 Å². The van der Waals surface area contributed by atoms with Crippen LogP contribution in [0.15, 0.2) is 0 Å². The third-order valence-electron chi connectivity index (χ3n) is 4.06. The first kappa shape index (κ1) is 12.2. The lowest BCUT2D eigenvalue weighted by Crippen LogP contribution is -2.37. The largest absolute Gasteiger partial charge is 0.371 e. The topological polar surface area (TPSA) is 9.23 Å². The molecule has 2 heteroatoms. The highest BCUT2D eigenvalue weighted by Gasteiger charge is 2.36. The molecule has 1 nitrogen and oxygen atoms in total. The Kier molecular flexibility index (Phi) is 4.33. The average molecular weight is 322 g/mol. The quantitative estimate of drug-likeness (QED) is 0.555. The Bertz CT molecular complexity index is 199. The summed E-state index contributed by atoms with van der Waals surface area (Å²) in [4.78, 5) is 0. The van der Waals surface area contributed by atoms with Crippen molar-refractivity contribution in [2.75, 3.05) is 4.43 Å². The van der Waals surface area contributed by atoms with E-state index < -0.39 is 0 Å². The molecule has 0 aromatic carbocycles. The van der Waals surface area contributed by atoms with Crippen LogP contribution in [0, 0.1) is 5.92 Å². The molecule has 0 bridgehead atoms. The van der Waals surface area contributed by atoms with Crippen molar-refractivity contribution < 1.29 is 4.74 Å². The van der Waals surface area contributed by atoms with Gasteiger partial charge in [-0.15, -0.1) is 0 Å². The highest BCUT2D eigenvalue weighted by atomic mass is 127. The number of hydrogen-bond acceptors (Lipinski definition) is 1. The molecule has 2 saturated carbocycles. The van der Waals surface area contributed by atoms with Crippen molar-refractivity contribution in [1.29, 1.82) is 0 Å². The SMILES string of the molecule is CC1CCCC(OC2(CI)CCCC2)C1. The third-order valence-corrected chi connectivity index (χ3v) is 5.45. The summed E-state index contributed by atoms with van der Waals surface area (Å²) in [5, 5.41) is 0. The smallest absolute Gasteiger partial charge is 0.0775 e. The summed E-state index contributed by atoms with van der Waals surface area (Å²) in [6.45, 7) is 2.38. The van der Waals surface area contributed by atoms with Gasteiger partial charge in [0.25, 0.3) is 0 Å². The minimum Gasteiger partial charge on any atom is -0.371 e. The van der Waals surface area contributed by atoms with Crippen LogP contribution in [0.5, 0.6) is 0 Å².